The van der Waals surface area contributed by atoms with E-state index in [-0.39, 0.29) is 17.7 Å². The molecule has 3 rings (SSSR count). The largest absolute Gasteiger partial charge is 0.508 e. The zero-order valence-electron chi connectivity index (χ0n) is 18.1. The van der Waals surface area contributed by atoms with Crippen LogP contribution < -0.4 is 15.4 Å². The Morgan fingerprint density at radius 3 is 2.40 bits per heavy atom. The second-order valence-electron chi connectivity index (χ2n) is 6.65. The molecule has 0 saturated carbocycles. The second-order valence-corrected chi connectivity index (χ2v) is 6.65. The summed E-state index contributed by atoms with van der Waals surface area (Å²) in [4.78, 5) is 10.7. The maximum atomic E-state index is 12.2. The quantitative estimate of drug-likeness (QED) is 0.615. The van der Waals surface area contributed by atoms with E-state index in [1.165, 1.54) is 19.1 Å². The number of amides is 1. The third kappa shape index (κ3) is 9.22. The number of aryl methyl sites for hydroxylation is 1. The number of nitrogens with one attached hydrogen (secondary N) is 2. The van der Waals surface area contributed by atoms with E-state index in [0.29, 0.717) is 18.7 Å². The fourth-order valence-corrected chi connectivity index (χ4v) is 2.91. The van der Waals surface area contributed by atoms with Crippen molar-refractivity contribution in [3.8, 4) is 11.5 Å². The van der Waals surface area contributed by atoms with Gasteiger partial charge in [-0.15, -0.1) is 0 Å². The Hall–Kier alpha value is -2.67. The minimum Gasteiger partial charge on any atom is -0.508 e. The third-order valence-electron chi connectivity index (χ3n) is 4.16. The van der Waals surface area contributed by atoms with E-state index < -0.39 is 11.6 Å². The summed E-state index contributed by atoms with van der Waals surface area (Å²) in [6.45, 7) is 9.34. The van der Waals surface area contributed by atoms with E-state index >= 15 is 0 Å². The molecule has 5 nitrogen and oxygen atoms in total. The zero-order chi connectivity index (χ0) is 22.5. The molecule has 2 aromatic rings. The predicted octanol–water partition coefficient (Wildman–Crippen LogP) is 4.63. The molecule has 0 aromatic heterocycles. The molecule has 0 saturated heterocycles. The topological polar surface area (TPSA) is 70.6 Å². The van der Waals surface area contributed by atoms with Crippen molar-refractivity contribution in [3.05, 3.63) is 59.2 Å². The number of hydrogen-bond acceptors (Lipinski definition) is 4. The molecule has 7 heteroatoms. The Bertz CT molecular complexity index is 750. The Morgan fingerprint density at radius 1 is 1.13 bits per heavy atom. The van der Waals surface area contributed by atoms with Crippen LogP contribution in [-0.2, 0) is 4.79 Å². The standard InChI is InChI=1S/C14H20N2O3.C7H6F2.C2H6/c1-10(17)15-6-2-7-16-13-5-8-19-14-4-3-11(18)9-12(13)14;1-5-2-6(8)4-7(9)3-5;1-2/h3-4,9,13,16,18H,2,5-8H2,1H3,(H,15,17);2-4H,1H3;1-2H3. The first-order valence-corrected chi connectivity index (χ1v) is 10.2. The number of halogens is 2. The summed E-state index contributed by atoms with van der Waals surface area (Å²) in [6.07, 6.45) is 1.77. The van der Waals surface area contributed by atoms with E-state index in [4.69, 9.17) is 4.74 Å². The van der Waals surface area contributed by atoms with Crippen LogP contribution in [0.15, 0.2) is 36.4 Å². The van der Waals surface area contributed by atoms with Crippen molar-refractivity contribution < 1.29 is 23.4 Å². The SMILES string of the molecule is CC.CC(=O)NCCCNC1CCOc2ccc(O)cc21.Cc1cc(F)cc(F)c1. The maximum absolute atomic E-state index is 12.2. The van der Waals surface area contributed by atoms with Crippen molar-refractivity contribution in [2.45, 2.75) is 46.6 Å². The third-order valence-corrected chi connectivity index (χ3v) is 4.16. The normalized spacial score (nSPS) is 14.1. The van der Waals surface area contributed by atoms with Gasteiger partial charge in [0, 0.05) is 37.6 Å². The van der Waals surface area contributed by atoms with Gasteiger partial charge in [0.05, 0.1) is 6.61 Å². The molecule has 1 unspecified atom stereocenters. The van der Waals surface area contributed by atoms with Gasteiger partial charge in [0.1, 0.15) is 23.1 Å². The number of rotatable bonds is 5. The van der Waals surface area contributed by atoms with Gasteiger partial charge in [0.15, 0.2) is 0 Å². The van der Waals surface area contributed by atoms with Gasteiger partial charge in [-0.2, -0.15) is 0 Å². The molecular formula is C23H32F2N2O3. The number of hydrogen-bond donors (Lipinski definition) is 3. The fourth-order valence-electron chi connectivity index (χ4n) is 2.91. The molecule has 30 heavy (non-hydrogen) atoms. The molecule has 1 amide bonds. The van der Waals surface area contributed by atoms with Gasteiger partial charge < -0.3 is 20.5 Å². The minimum absolute atomic E-state index is 0.00124. The van der Waals surface area contributed by atoms with Gasteiger partial charge >= 0.3 is 0 Å². The molecule has 1 atom stereocenters. The number of carbonyl (C=O) groups is 1. The first-order chi connectivity index (χ1) is 14.3. The number of carbonyl (C=O) groups excluding carboxylic acids is 1. The first kappa shape index (κ1) is 25.4. The van der Waals surface area contributed by atoms with E-state index in [1.54, 1.807) is 25.1 Å². The average Bonchev–Trinajstić information content (AvgIpc) is 2.68. The van der Waals surface area contributed by atoms with Gasteiger partial charge in [-0.3, -0.25) is 4.79 Å². The molecule has 0 radical (unpaired) electrons. The highest BCUT2D eigenvalue weighted by Crippen LogP contribution is 2.34. The van der Waals surface area contributed by atoms with Gasteiger partial charge in [-0.1, -0.05) is 13.8 Å². The van der Waals surface area contributed by atoms with E-state index in [9.17, 15) is 18.7 Å². The monoisotopic (exact) mass is 422 g/mol. The predicted molar refractivity (Wildman–Crippen MR) is 115 cm³/mol. The Kier molecular flexibility index (Phi) is 11.4. The summed E-state index contributed by atoms with van der Waals surface area (Å²) in [5, 5.41) is 15.8. The van der Waals surface area contributed by atoms with Crippen molar-refractivity contribution in [1.29, 1.82) is 0 Å². The lowest BCUT2D eigenvalue weighted by molar-refractivity contribution is -0.118. The Balaban J connectivity index is 0.000000342. The van der Waals surface area contributed by atoms with Gasteiger partial charge in [0.2, 0.25) is 5.91 Å². The molecule has 0 fully saturated rings. The van der Waals surface area contributed by atoms with E-state index in [2.05, 4.69) is 10.6 Å². The van der Waals surface area contributed by atoms with Crippen LogP contribution >= 0.6 is 0 Å². The summed E-state index contributed by atoms with van der Waals surface area (Å²) in [6, 6.07) is 8.81. The molecule has 3 N–H and O–H groups in total. The number of fused-ring (bicyclic) bond motifs is 1. The van der Waals surface area contributed by atoms with Crippen molar-refractivity contribution in [2.75, 3.05) is 19.7 Å². The highest BCUT2D eigenvalue weighted by Gasteiger charge is 2.21. The number of aromatic hydroxyl groups is 1. The van der Waals surface area contributed by atoms with Crippen LogP contribution in [0.3, 0.4) is 0 Å². The lowest BCUT2D eigenvalue weighted by atomic mass is 10.00. The van der Waals surface area contributed by atoms with Crippen molar-refractivity contribution in [2.24, 2.45) is 0 Å². The van der Waals surface area contributed by atoms with Gasteiger partial charge in [-0.25, -0.2) is 8.78 Å². The van der Waals surface area contributed by atoms with Crippen molar-refractivity contribution >= 4 is 5.91 Å². The van der Waals surface area contributed by atoms with E-state index in [1.807, 2.05) is 13.8 Å². The van der Waals surface area contributed by atoms with Crippen LogP contribution in [-0.4, -0.2) is 30.7 Å². The molecule has 0 bridgehead atoms. The van der Waals surface area contributed by atoms with Crippen LogP contribution in [0.1, 0.15) is 50.8 Å². The van der Waals surface area contributed by atoms with Gasteiger partial charge in [0.25, 0.3) is 0 Å². The minimum atomic E-state index is -0.521. The molecule has 166 valence electrons. The fraction of sp³-hybridized carbons (Fsp3) is 0.435. The van der Waals surface area contributed by atoms with Crippen LogP contribution in [0, 0.1) is 18.6 Å². The van der Waals surface area contributed by atoms with Crippen LogP contribution in [0.5, 0.6) is 11.5 Å². The lowest BCUT2D eigenvalue weighted by Crippen LogP contribution is -2.30. The summed E-state index contributed by atoms with van der Waals surface area (Å²) in [7, 11) is 0. The van der Waals surface area contributed by atoms with Gasteiger partial charge in [-0.05, 0) is 55.8 Å². The molecule has 1 heterocycles. The van der Waals surface area contributed by atoms with Crippen LogP contribution in [0.25, 0.3) is 0 Å². The molecule has 2 aromatic carbocycles. The summed E-state index contributed by atoms with van der Waals surface area (Å²) >= 11 is 0. The lowest BCUT2D eigenvalue weighted by Gasteiger charge is -2.27. The number of benzene rings is 2. The summed E-state index contributed by atoms with van der Waals surface area (Å²) in [5.41, 5.74) is 1.61. The molecule has 1 aliphatic heterocycles. The molecule has 0 aliphatic carbocycles. The highest BCUT2D eigenvalue weighted by molar-refractivity contribution is 5.72. The average molecular weight is 423 g/mol. The van der Waals surface area contributed by atoms with Crippen molar-refractivity contribution in [3.63, 3.8) is 0 Å². The second kappa shape index (κ2) is 13.5. The zero-order valence-corrected chi connectivity index (χ0v) is 18.1. The summed E-state index contributed by atoms with van der Waals surface area (Å²) in [5.74, 6) is 0.0547. The Morgan fingerprint density at radius 2 is 1.80 bits per heavy atom. The number of ether oxygens (including phenoxy) is 1. The van der Waals surface area contributed by atoms with Crippen LogP contribution in [0.4, 0.5) is 8.78 Å². The number of phenols is 1. The smallest absolute Gasteiger partial charge is 0.216 e. The van der Waals surface area contributed by atoms with Crippen molar-refractivity contribution in [1.82, 2.24) is 10.6 Å². The first-order valence-electron chi connectivity index (χ1n) is 10.2. The highest BCUT2D eigenvalue weighted by atomic mass is 19.1. The Labute approximate surface area is 177 Å². The van der Waals surface area contributed by atoms with E-state index in [0.717, 1.165) is 36.8 Å². The molecular weight excluding hydrogens is 390 g/mol. The maximum Gasteiger partial charge on any atom is 0.216 e. The van der Waals surface area contributed by atoms with Crippen LogP contribution in [0.2, 0.25) is 0 Å². The molecule has 0 spiro atoms. The molecule has 1 aliphatic rings. The summed E-state index contributed by atoms with van der Waals surface area (Å²) < 4.78 is 29.9. The number of phenolic OH excluding ortho intramolecular Hbond substituents is 1.